The largest absolute Gasteiger partial charge is 0.352 e. The summed E-state index contributed by atoms with van der Waals surface area (Å²) in [4.78, 5) is 26.6. The molecular formula is C26H26BrNO2. The standard InChI is InChI=1S/C26H26BrNO2/c27-20-15-16-22-21(17-20)24(19-12-5-2-6-13-19)25(26(30)28-22)23(29)14-8-7-11-18-9-3-1-4-10-18/h1-14,20-22,24-25H,15-17H2,(H,28,30)/b11-7+,14-8+. The highest BCUT2D eigenvalue weighted by molar-refractivity contribution is 9.09. The Morgan fingerprint density at radius 3 is 2.40 bits per heavy atom. The van der Waals surface area contributed by atoms with Crippen molar-refractivity contribution in [2.45, 2.75) is 36.0 Å². The Morgan fingerprint density at radius 2 is 1.67 bits per heavy atom. The van der Waals surface area contributed by atoms with Crippen LogP contribution < -0.4 is 5.32 Å². The number of rotatable bonds is 5. The second-order valence-corrected chi connectivity index (χ2v) is 9.43. The first-order valence-electron chi connectivity index (χ1n) is 10.6. The van der Waals surface area contributed by atoms with Crippen LogP contribution in [-0.2, 0) is 9.59 Å². The summed E-state index contributed by atoms with van der Waals surface area (Å²) < 4.78 is 0. The zero-order valence-corrected chi connectivity index (χ0v) is 18.4. The normalized spacial score (nSPS) is 29.0. The van der Waals surface area contributed by atoms with Crippen LogP contribution in [0.15, 0.2) is 78.9 Å². The summed E-state index contributed by atoms with van der Waals surface area (Å²) in [5.41, 5.74) is 2.15. The maximum Gasteiger partial charge on any atom is 0.231 e. The summed E-state index contributed by atoms with van der Waals surface area (Å²) in [6.45, 7) is 0. The third-order valence-corrected chi connectivity index (χ3v) is 7.05. The Labute approximate surface area is 186 Å². The van der Waals surface area contributed by atoms with Crippen molar-refractivity contribution in [3.8, 4) is 0 Å². The van der Waals surface area contributed by atoms with Crippen LogP contribution in [0, 0.1) is 11.8 Å². The Kier molecular flexibility index (Phi) is 6.63. The molecule has 1 aliphatic heterocycles. The molecule has 0 bridgehead atoms. The third kappa shape index (κ3) is 4.65. The second-order valence-electron chi connectivity index (χ2n) is 8.13. The minimum Gasteiger partial charge on any atom is -0.352 e. The number of amides is 1. The Bertz CT molecular complexity index is 938. The molecule has 30 heavy (non-hydrogen) atoms. The summed E-state index contributed by atoms with van der Waals surface area (Å²) in [5.74, 6) is -0.798. The molecule has 2 aromatic carbocycles. The monoisotopic (exact) mass is 463 g/mol. The molecule has 0 aromatic heterocycles. The molecule has 2 fully saturated rings. The highest BCUT2D eigenvalue weighted by atomic mass is 79.9. The van der Waals surface area contributed by atoms with E-state index >= 15 is 0 Å². The first-order chi connectivity index (χ1) is 14.6. The van der Waals surface area contributed by atoms with Crippen molar-refractivity contribution in [2.75, 3.05) is 0 Å². The summed E-state index contributed by atoms with van der Waals surface area (Å²) >= 11 is 3.78. The summed E-state index contributed by atoms with van der Waals surface area (Å²) in [5, 5.41) is 3.15. The van der Waals surface area contributed by atoms with Crippen molar-refractivity contribution in [2.24, 2.45) is 11.8 Å². The van der Waals surface area contributed by atoms with Crippen molar-refractivity contribution < 1.29 is 9.59 Å². The van der Waals surface area contributed by atoms with Gasteiger partial charge in [-0.05, 0) is 42.4 Å². The van der Waals surface area contributed by atoms with E-state index < -0.39 is 5.92 Å². The van der Waals surface area contributed by atoms with E-state index in [9.17, 15) is 9.59 Å². The number of fused-ring (bicyclic) bond motifs is 1. The molecule has 5 atom stereocenters. The van der Waals surface area contributed by atoms with Crippen LogP contribution >= 0.6 is 15.9 Å². The van der Waals surface area contributed by atoms with Crippen LogP contribution in [-0.4, -0.2) is 22.6 Å². The molecule has 2 aromatic rings. The topological polar surface area (TPSA) is 46.2 Å². The average Bonchev–Trinajstić information content (AvgIpc) is 2.77. The Morgan fingerprint density at radius 1 is 0.967 bits per heavy atom. The van der Waals surface area contributed by atoms with Crippen LogP contribution in [0.1, 0.15) is 36.3 Å². The second kappa shape index (κ2) is 9.57. The quantitative estimate of drug-likeness (QED) is 0.283. The van der Waals surface area contributed by atoms with Crippen molar-refractivity contribution >= 4 is 33.7 Å². The molecule has 1 aliphatic carbocycles. The number of halogens is 1. The molecule has 1 N–H and O–H groups in total. The molecule has 0 spiro atoms. The number of ketones is 1. The van der Waals surface area contributed by atoms with Gasteiger partial charge in [-0.2, -0.15) is 0 Å². The van der Waals surface area contributed by atoms with Crippen LogP contribution in [0.5, 0.6) is 0 Å². The number of hydrogen-bond donors (Lipinski definition) is 1. The smallest absolute Gasteiger partial charge is 0.231 e. The maximum atomic E-state index is 13.2. The van der Waals surface area contributed by atoms with Gasteiger partial charge in [0, 0.05) is 16.8 Å². The predicted octanol–water partition coefficient (Wildman–Crippen LogP) is 5.29. The molecule has 2 aliphatic rings. The number of benzene rings is 2. The average molecular weight is 464 g/mol. The Hall–Kier alpha value is -2.46. The molecule has 1 saturated heterocycles. The molecular weight excluding hydrogens is 438 g/mol. The highest BCUT2D eigenvalue weighted by Gasteiger charge is 2.48. The fourth-order valence-corrected chi connectivity index (χ4v) is 5.51. The number of nitrogens with one attached hydrogen (secondary N) is 1. The molecule has 0 radical (unpaired) electrons. The zero-order chi connectivity index (χ0) is 20.9. The van der Waals surface area contributed by atoms with Crippen LogP contribution in [0.2, 0.25) is 0 Å². The number of carbonyl (C=O) groups is 2. The van der Waals surface area contributed by atoms with Crippen LogP contribution in [0.3, 0.4) is 0 Å². The van der Waals surface area contributed by atoms with E-state index in [0.717, 1.165) is 30.4 Å². The number of piperidine rings is 1. The summed E-state index contributed by atoms with van der Waals surface area (Å²) in [6, 6.07) is 20.1. The van der Waals surface area contributed by atoms with Gasteiger partial charge in [0.2, 0.25) is 5.91 Å². The lowest BCUT2D eigenvalue weighted by molar-refractivity contribution is -0.137. The number of hydrogen-bond acceptors (Lipinski definition) is 2. The lowest BCUT2D eigenvalue weighted by Gasteiger charge is -2.46. The van der Waals surface area contributed by atoms with E-state index in [1.165, 1.54) is 0 Å². The van der Waals surface area contributed by atoms with Crippen molar-refractivity contribution in [3.05, 3.63) is 90.0 Å². The minimum absolute atomic E-state index is 0.0967. The van der Waals surface area contributed by atoms with Crippen molar-refractivity contribution in [1.29, 1.82) is 0 Å². The minimum atomic E-state index is -0.687. The molecule has 1 heterocycles. The van der Waals surface area contributed by atoms with Gasteiger partial charge < -0.3 is 5.32 Å². The van der Waals surface area contributed by atoms with Gasteiger partial charge in [-0.15, -0.1) is 0 Å². The first-order valence-corrected chi connectivity index (χ1v) is 11.5. The molecule has 1 amide bonds. The molecule has 1 saturated carbocycles. The summed E-state index contributed by atoms with van der Waals surface area (Å²) in [7, 11) is 0. The summed E-state index contributed by atoms with van der Waals surface area (Å²) in [6.07, 6.45) is 10.1. The molecule has 4 heteroatoms. The van der Waals surface area contributed by atoms with E-state index in [1.54, 1.807) is 12.2 Å². The lowest BCUT2D eigenvalue weighted by Crippen LogP contribution is -2.57. The highest BCUT2D eigenvalue weighted by Crippen LogP contribution is 2.45. The number of allylic oxidation sites excluding steroid dienone is 3. The van der Waals surface area contributed by atoms with Gasteiger partial charge >= 0.3 is 0 Å². The predicted molar refractivity (Wildman–Crippen MR) is 124 cm³/mol. The SMILES string of the molecule is O=C(/C=C/C=C/c1ccccc1)C1C(=O)NC2CCC(Br)CC2C1c1ccccc1. The Balaban J connectivity index is 1.58. The van der Waals surface area contributed by atoms with Crippen molar-refractivity contribution in [3.63, 3.8) is 0 Å². The van der Waals surface area contributed by atoms with Gasteiger partial charge in [0.1, 0.15) is 5.92 Å². The van der Waals surface area contributed by atoms with E-state index in [4.69, 9.17) is 0 Å². The van der Waals surface area contributed by atoms with Gasteiger partial charge in [-0.3, -0.25) is 9.59 Å². The fourth-order valence-electron chi connectivity index (χ4n) is 4.82. The molecule has 154 valence electrons. The van der Waals surface area contributed by atoms with E-state index in [0.29, 0.717) is 4.83 Å². The van der Waals surface area contributed by atoms with Gasteiger partial charge in [0.25, 0.3) is 0 Å². The first kappa shape index (κ1) is 20.8. The molecule has 5 unspecified atom stereocenters. The van der Waals surface area contributed by atoms with Gasteiger partial charge in [0.15, 0.2) is 5.78 Å². The van der Waals surface area contributed by atoms with Gasteiger partial charge in [-0.1, -0.05) is 94.8 Å². The van der Waals surface area contributed by atoms with Gasteiger partial charge in [-0.25, -0.2) is 0 Å². The van der Waals surface area contributed by atoms with E-state index in [1.807, 2.05) is 60.7 Å². The number of alkyl halides is 1. The fraction of sp³-hybridized carbons (Fsp3) is 0.308. The third-order valence-electron chi connectivity index (χ3n) is 6.22. The van der Waals surface area contributed by atoms with Crippen LogP contribution in [0.4, 0.5) is 0 Å². The van der Waals surface area contributed by atoms with E-state index in [-0.39, 0.29) is 29.6 Å². The lowest BCUT2D eigenvalue weighted by atomic mass is 9.64. The van der Waals surface area contributed by atoms with E-state index in [2.05, 4.69) is 33.4 Å². The zero-order valence-electron chi connectivity index (χ0n) is 16.8. The number of carbonyl (C=O) groups excluding carboxylic acids is 2. The van der Waals surface area contributed by atoms with Crippen molar-refractivity contribution in [1.82, 2.24) is 5.32 Å². The molecule has 3 nitrogen and oxygen atoms in total. The maximum absolute atomic E-state index is 13.2. The van der Waals surface area contributed by atoms with Crippen LogP contribution in [0.25, 0.3) is 6.08 Å². The molecule has 4 rings (SSSR count). The van der Waals surface area contributed by atoms with Gasteiger partial charge in [0.05, 0.1) is 0 Å².